The Kier molecular flexibility index (Phi) is 28.4. The van der Waals surface area contributed by atoms with Gasteiger partial charge in [0.1, 0.15) is 54.6 Å². The fraction of sp³-hybridized carbons (Fsp3) is 0.625. The maximum Gasteiger partial charge on any atom is 0.408 e. The standard InChI is InChI=1S/C56H82ClN7O15/c1-36(75-34-37-20-8-5-9-21-37)48(64-55(74)79-56(2,3)4)52(70)63-45(33-47(66)78-40-25-12-7-13-26-40)50(68)60-42(28-17-19-31-59-54(73)76-35-38-22-14-15-27-41(38)57)49(67)62-44(32-46(65)77-39-23-10-6-11-24-39)51(69)61-43(53(71)72)29-16-18-30-58/h5,8-9,14-15,20-22,27,36,39-40,42-45,48H,6-7,10-13,16-19,23-26,28-35,58H2,1-4H3,(H,59,73)(H,60,68)(H,61,69)(H,62,67)(H,63,70)(H,64,74)(H,71,72)/t36-,42+,43+,44+,45+,48+/m1/s1. The van der Waals surface area contributed by atoms with Crippen LogP contribution in [0.3, 0.4) is 0 Å². The Balaban J connectivity index is 1.64. The van der Waals surface area contributed by atoms with Gasteiger partial charge in [-0.2, -0.15) is 0 Å². The Morgan fingerprint density at radius 2 is 1.13 bits per heavy atom. The van der Waals surface area contributed by atoms with E-state index >= 15 is 0 Å². The van der Waals surface area contributed by atoms with Crippen LogP contribution in [0.25, 0.3) is 0 Å². The largest absolute Gasteiger partial charge is 0.480 e. The summed E-state index contributed by atoms with van der Waals surface area (Å²) in [6.45, 7) is 6.67. The SMILES string of the molecule is C[C@@H](OCc1ccccc1)[C@H](NC(=O)OC(C)(C)C)C(=O)N[C@@H](CC(=O)OC1CCCCC1)C(=O)N[C@@H](CCCCNC(=O)OCc1ccccc1Cl)C(=O)N[C@@H](CC(=O)OC1CCCCC1)C(=O)N[C@@H](CCCCN)C(=O)O. The number of unbranched alkanes of at least 4 members (excludes halogenated alkanes) is 2. The molecule has 0 aliphatic heterocycles. The summed E-state index contributed by atoms with van der Waals surface area (Å²) in [5, 5.41) is 25.8. The molecule has 6 amide bonds. The van der Waals surface area contributed by atoms with Gasteiger partial charge in [0.15, 0.2) is 0 Å². The molecule has 23 heteroatoms. The van der Waals surface area contributed by atoms with Gasteiger partial charge in [0.05, 0.1) is 25.6 Å². The lowest BCUT2D eigenvalue weighted by molar-refractivity contribution is -0.153. The number of esters is 2. The second-order valence-corrected chi connectivity index (χ2v) is 21.4. The smallest absolute Gasteiger partial charge is 0.408 e. The Morgan fingerprint density at radius 3 is 1.68 bits per heavy atom. The Labute approximate surface area is 467 Å². The van der Waals surface area contributed by atoms with Crippen molar-refractivity contribution >= 4 is 65.3 Å². The van der Waals surface area contributed by atoms with Crippen LogP contribution in [0.5, 0.6) is 0 Å². The highest BCUT2D eigenvalue weighted by Gasteiger charge is 2.37. The number of carboxylic acids is 1. The average molecular weight is 1130 g/mol. The van der Waals surface area contributed by atoms with Crippen LogP contribution < -0.4 is 37.6 Å². The molecule has 2 saturated carbocycles. The highest BCUT2D eigenvalue weighted by Crippen LogP contribution is 2.23. The zero-order chi connectivity index (χ0) is 57.7. The van der Waals surface area contributed by atoms with Crippen LogP contribution in [0.2, 0.25) is 5.02 Å². The zero-order valence-electron chi connectivity index (χ0n) is 46.0. The molecule has 6 atom stereocenters. The molecule has 0 aromatic heterocycles. The summed E-state index contributed by atoms with van der Waals surface area (Å²) in [4.78, 5) is 123. The van der Waals surface area contributed by atoms with E-state index < -0.39 is 121 Å². The maximum absolute atomic E-state index is 14.7. The zero-order valence-corrected chi connectivity index (χ0v) is 46.7. The number of amides is 6. The van der Waals surface area contributed by atoms with E-state index in [0.29, 0.717) is 49.1 Å². The van der Waals surface area contributed by atoms with E-state index in [-0.39, 0.29) is 52.0 Å². The van der Waals surface area contributed by atoms with Crippen LogP contribution in [0.15, 0.2) is 54.6 Å². The Hall–Kier alpha value is -6.52. The summed E-state index contributed by atoms with van der Waals surface area (Å²) >= 11 is 6.20. The third-order valence-electron chi connectivity index (χ3n) is 13.2. The van der Waals surface area contributed by atoms with Crippen LogP contribution in [-0.2, 0) is 70.5 Å². The molecule has 4 rings (SSSR count). The van der Waals surface area contributed by atoms with Gasteiger partial charge in [-0.05, 0) is 136 Å². The first-order valence-corrected chi connectivity index (χ1v) is 27.9. The van der Waals surface area contributed by atoms with E-state index in [1.165, 1.54) is 6.92 Å². The summed E-state index contributed by atoms with van der Waals surface area (Å²) < 4.78 is 28.3. The van der Waals surface area contributed by atoms with Gasteiger partial charge in [-0.1, -0.05) is 73.0 Å². The number of ether oxygens (including phenoxy) is 5. The quantitative estimate of drug-likeness (QED) is 0.0247. The maximum atomic E-state index is 14.7. The minimum absolute atomic E-state index is 0.00586. The first kappa shape index (κ1) is 65.0. The van der Waals surface area contributed by atoms with Crippen molar-refractivity contribution in [2.75, 3.05) is 13.1 Å². The number of nitrogens with one attached hydrogen (secondary N) is 6. The number of benzene rings is 2. The Bertz CT molecular complexity index is 2290. The molecule has 0 radical (unpaired) electrons. The average Bonchev–Trinajstić information content (AvgIpc) is 3.40. The number of alkyl carbamates (subject to hydrolysis) is 2. The van der Waals surface area contributed by atoms with Crippen molar-refractivity contribution in [2.24, 2.45) is 5.73 Å². The molecule has 2 aliphatic carbocycles. The first-order valence-electron chi connectivity index (χ1n) is 27.5. The fourth-order valence-corrected chi connectivity index (χ4v) is 9.08. The van der Waals surface area contributed by atoms with E-state index in [4.69, 9.17) is 41.0 Å². The van der Waals surface area contributed by atoms with Crippen LogP contribution in [-0.4, -0.2) is 126 Å². The van der Waals surface area contributed by atoms with Gasteiger partial charge in [0.2, 0.25) is 23.6 Å². The summed E-state index contributed by atoms with van der Waals surface area (Å²) in [5.74, 6) is -7.04. The topological polar surface area (TPSA) is 318 Å². The molecule has 2 aliphatic rings. The predicted molar refractivity (Wildman–Crippen MR) is 291 cm³/mol. The molecule has 2 fully saturated rings. The number of carboxylic acid groups (broad SMARTS) is 1. The predicted octanol–water partition coefficient (Wildman–Crippen LogP) is 5.92. The van der Waals surface area contributed by atoms with Gasteiger partial charge in [0.25, 0.3) is 0 Å². The van der Waals surface area contributed by atoms with Gasteiger partial charge in [-0.25, -0.2) is 14.4 Å². The van der Waals surface area contributed by atoms with E-state index in [0.717, 1.165) is 44.1 Å². The molecule has 79 heavy (non-hydrogen) atoms. The van der Waals surface area contributed by atoms with Crippen molar-refractivity contribution in [1.82, 2.24) is 31.9 Å². The van der Waals surface area contributed by atoms with E-state index in [9.17, 15) is 48.3 Å². The molecule has 2 aromatic carbocycles. The lowest BCUT2D eigenvalue weighted by Gasteiger charge is -2.29. The van der Waals surface area contributed by atoms with Crippen molar-refractivity contribution in [1.29, 1.82) is 0 Å². The third-order valence-corrected chi connectivity index (χ3v) is 13.6. The number of aliphatic carboxylic acids is 1. The van der Waals surface area contributed by atoms with Crippen molar-refractivity contribution in [3.63, 3.8) is 0 Å². The summed E-state index contributed by atoms with van der Waals surface area (Å²) in [5.41, 5.74) is 5.99. The minimum atomic E-state index is -1.74. The first-order chi connectivity index (χ1) is 37.7. The second kappa shape index (κ2) is 34.5. The van der Waals surface area contributed by atoms with Crippen molar-refractivity contribution in [3.05, 3.63) is 70.7 Å². The van der Waals surface area contributed by atoms with Gasteiger partial charge in [0, 0.05) is 17.1 Å². The number of rotatable bonds is 31. The van der Waals surface area contributed by atoms with Gasteiger partial charge in [-0.15, -0.1) is 0 Å². The molecule has 9 N–H and O–H groups in total. The molecule has 0 bridgehead atoms. The second-order valence-electron chi connectivity index (χ2n) is 21.0. The highest BCUT2D eigenvalue weighted by molar-refractivity contribution is 6.31. The number of carbonyl (C=O) groups excluding carboxylic acids is 8. The fourth-order valence-electron chi connectivity index (χ4n) is 8.89. The lowest BCUT2D eigenvalue weighted by atomic mass is 9.98. The lowest BCUT2D eigenvalue weighted by Crippen LogP contribution is -2.60. The van der Waals surface area contributed by atoms with Crippen LogP contribution in [0.4, 0.5) is 9.59 Å². The van der Waals surface area contributed by atoms with Crippen molar-refractivity contribution in [3.8, 4) is 0 Å². The van der Waals surface area contributed by atoms with E-state index in [1.54, 1.807) is 69.3 Å². The van der Waals surface area contributed by atoms with Crippen LogP contribution >= 0.6 is 11.6 Å². The molecule has 0 spiro atoms. The summed E-state index contributed by atoms with van der Waals surface area (Å²) in [6, 6.07) is 7.94. The number of hydrogen-bond acceptors (Lipinski definition) is 15. The molecule has 0 heterocycles. The molecule has 22 nitrogen and oxygen atoms in total. The minimum Gasteiger partial charge on any atom is -0.480 e. The molecule has 0 saturated heterocycles. The number of nitrogens with two attached hydrogens (primary N) is 1. The van der Waals surface area contributed by atoms with Crippen molar-refractivity contribution < 1.29 is 71.9 Å². The van der Waals surface area contributed by atoms with Gasteiger partial charge < -0.3 is 66.4 Å². The highest BCUT2D eigenvalue weighted by atomic mass is 35.5. The van der Waals surface area contributed by atoms with E-state index in [2.05, 4.69) is 31.9 Å². The van der Waals surface area contributed by atoms with Crippen LogP contribution in [0, 0.1) is 0 Å². The number of hydrogen-bond donors (Lipinski definition) is 8. The van der Waals surface area contributed by atoms with Crippen molar-refractivity contribution in [2.45, 2.75) is 211 Å². The molecular weight excluding hydrogens is 1050 g/mol. The molecular formula is C56H82ClN7O15. The monoisotopic (exact) mass is 1130 g/mol. The molecule has 438 valence electrons. The molecule has 2 aromatic rings. The summed E-state index contributed by atoms with van der Waals surface area (Å²) in [6.07, 6.45) is 3.48. The third kappa shape index (κ3) is 25.4. The number of carbonyl (C=O) groups is 9. The van der Waals surface area contributed by atoms with Crippen LogP contribution in [0.1, 0.15) is 154 Å². The number of halogens is 1. The Morgan fingerprint density at radius 1 is 0.620 bits per heavy atom. The summed E-state index contributed by atoms with van der Waals surface area (Å²) in [7, 11) is 0. The van der Waals surface area contributed by atoms with E-state index in [1.807, 2.05) is 6.07 Å². The normalized spacial score (nSPS) is 16.2. The molecule has 0 unspecified atom stereocenters. The van der Waals surface area contributed by atoms with Gasteiger partial charge in [-0.3, -0.25) is 28.8 Å². The van der Waals surface area contributed by atoms with Gasteiger partial charge >= 0.3 is 30.1 Å².